The first kappa shape index (κ1) is 20.7. The fourth-order valence-electron chi connectivity index (χ4n) is 3.85. The SMILES string of the molecule is COc1ccc(C(CNC(=O)c2oc3ccc(Cl)cc3c2C)N2CCOCC2)cc1. The van der Waals surface area contributed by atoms with Crippen LogP contribution in [0.3, 0.4) is 0 Å². The highest BCUT2D eigenvalue weighted by Crippen LogP contribution is 2.28. The molecule has 6 nitrogen and oxygen atoms in total. The molecule has 1 fully saturated rings. The number of benzene rings is 2. The van der Waals surface area contributed by atoms with E-state index in [1.165, 1.54) is 0 Å². The number of rotatable bonds is 6. The van der Waals surface area contributed by atoms with Gasteiger partial charge in [-0.05, 0) is 42.8 Å². The molecule has 2 aromatic carbocycles. The molecule has 158 valence electrons. The molecule has 0 aliphatic carbocycles. The number of ether oxygens (including phenoxy) is 2. The van der Waals surface area contributed by atoms with Crippen LogP contribution in [0.4, 0.5) is 0 Å². The van der Waals surface area contributed by atoms with Crippen LogP contribution in [0.15, 0.2) is 46.9 Å². The van der Waals surface area contributed by atoms with E-state index in [4.69, 9.17) is 25.5 Å². The van der Waals surface area contributed by atoms with Crippen LogP contribution in [0, 0.1) is 6.92 Å². The molecular weight excluding hydrogens is 404 g/mol. The zero-order valence-corrected chi connectivity index (χ0v) is 17.9. The van der Waals surface area contributed by atoms with Gasteiger partial charge in [-0.15, -0.1) is 0 Å². The first-order valence-electron chi connectivity index (χ1n) is 9.99. The lowest BCUT2D eigenvalue weighted by Crippen LogP contribution is -2.43. The molecule has 30 heavy (non-hydrogen) atoms. The van der Waals surface area contributed by atoms with E-state index in [0.29, 0.717) is 36.1 Å². The third-order valence-corrected chi connectivity index (χ3v) is 5.78. The molecule has 1 N–H and O–H groups in total. The van der Waals surface area contributed by atoms with Gasteiger partial charge in [0.2, 0.25) is 0 Å². The second-order valence-electron chi connectivity index (χ2n) is 7.34. The van der Waals surface area contributed by atoms with Crippen LogP contribution in [0.2, 0.25) is 5.02 Å². The van der Waals surface area contributed by atoms with E-state index >= 15 is 0 Å². The molecule has 0 spiro atoms. The van der Waals surface area contributed by atoms with Gasteiger partial charge in [-0.2, -0.15) is 0 Å². The van der Waals surface area contributed by atoms with Gasteiger partial charge in [0.25, 0.3) is 5.91 Å². The Morgan fingerprint density at radius 3 is 2.63 bits per heavy atom. The number of carbonyl (C=O) groups is 1. The maximum atomic E-state index is 12.9. The number of nitrogens with one attached hydrogen (secondary N) is 1. The Balaban J connectivity index is 1.54. The van der Waals surface area contributed by atoms with E-state index in [1.807, 2.05) is 37.3 Å². The Morgan fingerprint density at radius 1 is 1.20 bits per heavy atom. The Kier molecular flexibility index (Phi) is 6.27. The molecule has 0 radical (unpaired) electrons. The first-order valence-corrected chi connectivity index (χ1v) is 10.4. The number of nitrogens with zero attached hydrogens (tertiary/aromatic N) is 1. The van der Waals surface area contributed by atoms with Crippen molar-refractivity contribution in [2.45, 2.75) is 13.0 Å². The van der Waals surface area contributed by atoms with Gasteiger partial charge in [0, 0.05) is 35.6 Å². The fraction of sp³-hybridized carbons (Fsp3) is 0.348. The molecule has 7 heteroatoms. The second-order valence-corrected chi connectivity index (χ2v) is 7.78. The van der Waals surface area contributed by atoms with Crippen molar-refractivity contribution in [1.82, 2.24) is 10.2 Å². The monoisotopic (exact) mass is 428 g/mol. The largest absolute Gasteiger partial charge is 0.497 e. The smallest absolute Gasteiger partial charge is 0.287 e. The summed E-state index contributed by atoms with van der Waals surface area (Å²) in [5.41, 5.74) is 2.56. The first-order chi connectivity index (χ1) is 14.6. The Hall–Kier alpha value is -2.54. The molecule has 1 amide bonds. The standard InChI is InChI=1S/C23H25ClN2O4/c1-15-19-13-17(24)5-8-21(19)30-22(15)23(27)25-14-20(26-9-11-29-12-10-26)16-3-6-18(28-2)7-4-16/h3-8,13,20H,9-12,14H2,1-2H3,(H,25,27). The summed E-state index contributed by atoms with van der Waals surface area (Å²) in [5.74, 6) is 0.898. The topological polar surface area (TPSA) is 63.9 Å². The van der Waals surface area contributed by atoms with Gasteiger partial charge in [-0.3, -0.25) is 9.69 Å². The van der Waals surface area contributed by atoms with Crippen molar-refractivity contribution in [2.75, 3.05) is 40.0 Å². The number of morpholine rings is 1. The quantitative estimate of drug-likeness (QED) is 0.637. The Labute approximate surface area is 180 Å². The summed E-state index contributed by atoms with van der Waals surface area (Å²) >= 11 is 6.09. The van der Waals surface area contributed by atoms with Gasteiger partial charge in [0.05, 0.1) is 26.4 Å². The lowest BCUT2D eigenvalue weighted by Gasteiger charge is -2.35. The van der Waals surface area contributed by atoms with Crippen molar-refractivity contribution < 1.29 is 18.7 Å². The Bertz CT molecular complexity index is 1030. The number of fused-ring (bicyclic) bond motifs is 1. The average molecular weight is 429 g/mol. The van der Waals surface area contributed by atoms with Crippen molar-refractivity contribution >= 4 is 28.5 Å². The molecule has 0 bridgehead atoms. The number of carbonyl (C=O) groups excluding carboxylic acids is 1. The fourth-order valence-corrected chi connectivity index (χ4v) is 4.02. The van der Waals surface area contributed by atoms with E-state index in [1.54, 1.807) is 19.2 Å². The number of methoxy groups -OCH3 is 1. The molecule has 2 heterocycles. The highest BCUT2D eigenvalue weighted by molar-refractivity contribution is 6.31. The van der Waals surface area contributed by atoms with Crippen molar-refractivity contribution in [3.05, 3.63) is 64.4 Å². The van der Waals surface area contributed by atoms with Gasteiger partial charge >= 0.3 is 0 Å². The summed E-state index contributed by atoms with van der Waals surface area (Å²) in [5, 5.41) is 4.53. The van der Waals surface area contributed by atoms with E-state index in [2.05, 4.69) is 10.2 Å². The summed E-state index contributed by atoms with van der Waals surface area (Å²) in [7, 11) is 1.65. The van der Waals surface area contributed by atoms with E-state index < -0.39 is 0 Å². The number of aryl methyl sites for hydroxylation is 1. The Morgan fingerprint density at radius 2 is 1.93 bits per heavy atom. The van der Waals surface area contributed by atoms with Crippen LogP contribution in [-0.2, 0) is 4.74 Å². The highest BCUT2D eigenvalue weighted by atomic mass is 35.5. The van der Waals surface area contributed by atoms with Crippen LogP contribution in [0.25, 0.3) is 11.0 Å². The molecule has 1 atom stereocenters. The summed E-state index contributed by atoms with van der Waals surface area (Å²) in [6, 6.07) is 13.4. The molecule has 1 aliphatic heterocycles. The lowest BCUT2D eigenvalue weighted by atomic mass is 10.0. The molecular formula is C23H25ClN2O4. The van der Waals surface area contributed by atoms with E-state index in [0.717, 1.165) is 35.4 Å². The number of halogens is 1. The van der Waals surface area contributed by atoms with Crippen molar-refractivity contribution in [1.29, 1.82) is 0 Å². The van der Waals surface area contributed by atoms with Crippen molar-refractivity contribution in [3.63, 3.8) is 0 Å². The average Bonchev–Trinajstić information content (AvgIpc) is 3.11. The van der Waals surface area contributed by atoms with Gasteiger partial charge in [0.1, 0.15) is 11.3 Å². The molecule has 1 aromatic heterocycles. The van der Waals surface area contributed by atoms with Crippen LogP contribution < -0.4 is 10.1 Å². The molecule has 1 unspecified atom stereocenters. The summed E-state index contributed by atoms with van der Waals surface area (Å²) < 4.78 is 16.6. The second kappa shape index (κ2) is 9.08. The van der Waals surface area contributed by atoms with Crippen LogP contribution in [0.1, 0.15) is 27.7 Å². The lowest BCUT2D eigenvalue weighted by molar-refractivity contribution is 0.0161. The minimum absolute atomic E-state index is 0.0304. The van der Waals surface area contributed by atoms with E-state index in [9.17, 15) is 4.79 Å². The van der Waals surface area contributed by atoms with Gasteiger partial charge in [-0.1, -0.05) is 23.7 Å². The third-order valence-electron chi connectivity index (χ3n) is 5.55. The predicted octanol–water partition coefficient (Wildman–Crippen LogP) is 4.21. The minimum atomic E-state index is -0.230. The minimum Gasteiger partial charge on any atom is -0.497 e. The number of hydrogen-bond donors (Lipinski definition) is 1. The van der Waals surface area contributed by atoms with Crippen molar-refractivity contribution in [3.8, 4) is 5.75 Å². The maximum Gasteiger partial charge on any atom is 0.287 e. The van der Waals surface area contributed by atoms with Crippen LogP contribution in [0.5, 0.6) is 5.75 Å². The van der Waals surface area contributed by atoms with Crippen LogP contribution in [-0.4, -0.2) is 50.8 Å². The number of hydrogen-bond acceptors (Lipinski definition) is 5. The highest BCUT2D eigenvalue weighted by Gasteiger charge is 2.25. The number of amides is 1. The maximum absolute atomic E-state index is 12.9. The zero-order chi connectivity index (χ0) is 21.1. The zero-order valence-electron chi connectivity index (χ0n) is 17.1. The van der Waals surface area contributed by atoms with E-state index in [-0.39, 0.29) is 11.9 Å². The van der Waals surface area contributed by atoms with Gasteiger partial charge in [0.15, 0.2) is 5.76 Å². The summed E-state index contributed by atoms with van der Waals surface area (Å²) in [6.07, 6.45) is 0. The third kappa shape index (κ3) is 4.31. The summed E-state index contributed by atoms with van der Waals surface area (Å²) in [4.78, 5) is 15.3. The molecule has 4 rings (SSSR count). The van der Waals surface area contributed by atoms with Gasteiger partial charge in [-0.25, -0.2) is 0 Å². The molecule has 0 saturated carbocycles. The molecule has 1 aliphatic rings. The van der Waals surface area contributed by atoms with Crippen molar-refractivity contribution in [2.24, 2.45) is 0 Å². The molecule has 1 saturated heterocycles. The van der Waals surface area contributed by atoms with Crippen LogP contribution >= 0.6 is 11.6 Å². The predicted molar refractivity (Wildman–Crippen MR) is 116 cm³/mol. The summed E-state index contributed by atoms with van der Waals surface area (Å²) in [6.45, 7) is 5.33. The molecule has 3 aromatic rings. The number of furan rings is 1. The normalized spacial score (nSPS) is 15.8. The van der Waals surface area contributed by atoms with Gasteiger partial charge < -0.3 is 19.2 Å².